The Morgan fingerprint density at radius 2 is 1.48 bits per heavy atom. The van der Waals surface area contributed by atoms with Crippen LogP contribution < -0.4 is 5.32 Å². The zero-order valence-corrected chi connectivity index (χ0v) is 19.5. The minimum atomic E-state index is -1.08. The quantitative estimate of drug-likeness (QED) is 0.406. The summed E-state index contributed by atoms with van der Waals surface area (Å²) < 4.78 is 5.13. The van der Waals surface area contributed by atoms with E-state index in [1.807, 2.05) is 80.6 Å². The number of carbonyl (C=O) groups is 2. The number of carboxylic acid groups (broad SMARTS) is 1. The molecule has 1 atom stereocenters. The molecule has 0 saturated carbocycles. The van der Waals surface area contributed by atoms with Gasteiger partial charge in [0.2, 0.25) is 0 Å². The Morgan fingerprint density at radius 3 is 2.06 bits per heavy atom. The Labute approximate surface area is 198 Å². The van der Waals surface area contributed by atoms with Crippen molar-refractivity contribution in [3.05, 3.63) is 90.0 Å². The number of amides is 1. The minimum absolute atomic E-state index is 0.0727. The van der Waals surface area contributed by atoms with Crippen LogP contribution in [0, 0.1) is 0 Å². The highest BCUT2D eigenvalue weighted by molar-refractivity contribution is 8.00. The maximum Gasteiger partial charge on any atom is 0.407 e. The van der Waals surface area contributed by atoms with E-state index in [9.17, 15) is 14.7 Å². The predicted octanol–water partition coefficient (Wildman–Crippen LogP) is 5.94. The van der Waals surface area contributed by atoms with Crippen molar-refractivity contribution < 1.29 is 19.4 Å². The molecule has 0 bridgehead atoms. The Balaban J connectivity index is 1.39. The van der Waals surface area contributed by atoms with E-state index in [2.05, 4.69) is 17.4 Å². The number of alkyl carbamates (subject to hydrolysis) is 1. The first-order chi connectivity index (χ1) is 15.8. The monoisotopic (exact) mass is 461 g/mol. The molecule has 0 spiro atoms. The van der Waals surface area contributed by atoms with Gasteiger partial charge in [0, 0.05) is 15.6 Å². The van der Waals surface area contributed by atoms with Gasteiger partial charge in [-0.1, -0.05) is 80.6 Å². The number of carboxylic acids is 1. The third-order valence-electron chi connectivity index (χ3n) is 5.77. The van der Waals surface area contributed by atoms with Gasteiger partial charge in [-0.05, 0) is 40.8 Å². The molecule has 0 radical (unpaired) electrons. The van der Waals surface area contributed by atoms with Crippen molar-refractivity contribution in [1.82, 2.24) is 5.32 Å². The van der Waals surface area contributed by atoms with Crippen LogP contribution in [0.15, 0.2) is 83.8 Å². The number of carbonyl (C=O) groups excluding carboxylic acids is 1. The summed E-state index contributed by atoms with van der Waals surface area (Å²) in [5, 5.41) is 12.3. The van der Waals surface area contributed by atoms with Crippen LogP contribution in [0.1, 0.15) is 37.3 Å². The van der Waals surface area contributed by atoms with Gasteiger partial charge in [0.05, 0.1) is 0 Å². The SMILES string of the molecule is CC(C)(C[C@H](NC(=O)OCC1c2ccccc2-c2ccccc21)C(=O)O)Sc1ccccc1. The van der Waals surface area contributed by atoms with Gasteiger partial charge in [0.15, 0.2) is 0 Å². The van der Waals surface area contributed by atoms with Crippen molar-refractivity contribution in [2.24, 2.45) is 0 Å². The van der Waals surface area contributed by atoms with Crippen LogP contribution in [-0.4, -0.2) is 34.6 Å². The topological polar surface area (TPSA) is 75.6 Å². The number of aliphatic carboxylic acids is 1. The number of fused-ring (bicyclic) bond motifs is 3. The van der Waals surface area contributed by atoms with Crippen molar-refractivity contribution in [3.8, 4) is 11.1 Å². The van der Waals surface area contributed by atoms with Gasteiger partial charge in [-0.3, -0.25) is 0 Å². The molecule has 2 N–H and O–H groups in total. The molecular formula is C27H27NO4S. The molecule has 0 aromatic heterocycles. The summed E-state index contributed by atoms with van der Waals surface area (Å²) in [6, 6.07) is 24.9. The molecule has 1 aliphatic carbocycles. The lowest BCUT2D eigenvalue weighted by molar-refractivity contribution is -0.139. The third kappa shape index (κ3) is 5.40. The standard InChI is InChI=1S/C27H27NO4S/c1-27(2,33-18-10-4-3-5-11-18)16-24(25(29)30)28-26(31)32-17-23-21-14-8-6-12-19(21)20-13-7-9-15-22(20)23/h3-15,23-24H,16-17H2,1-2H3,(H,28,31)(H,29,30)/t24-/m0/s1. The maximum absolute atomic E-state index is 12.6. The van der Waals surface area contributed by atoms with E-state index in [0.29, 0.717) is 0 Å². The van der Waals surface area contributed by atoms with Gasteiger partial charge < -0.3 is 15.2 Å². The molecule has 0 heterocycles. The maximum atomic E-state index is 12.6. The number of hydrogen-bond donors (Lipinski definition) is 2. The highest BCUT2D eigenvalue weighted by Crippen LogP contribution is 2.44. The molecule has 0 unspecified atom stereocenters. The zero-order valence-electron chi connectivity index (χ0n) is 18.7. The van der Waals surface area contributed by atoms with Crippen molar-refractivity contribution in [1.29, 1.82) is 0 Å². The van der Waals surface area contributed by atoms with Crippen LogP contribution in [0.25, 0.3) is 11.1 Å². The first-order valence-electron chi connectivity index (χ1n) is 10.9. The first-order valence-corrected chi connectivity index (χ1v) is 11.7. The van der Waals surface area contributed by atoms with Gasteiger partial charge in [-0.15, -0.1) is 11.8 Å². The lowest BCUT2D eigenvalue weighted by Gasteiger charge is -2.28. The molecule has 4 rings (SSSR count). The summed E-state index contributed by atoms with van der Waals surface area (Å²) in [5.41, 5.74) is 4.51. The predicted molar refractivity (Wildman–Crippen MR) is 131 cm³/mol. The van der Waals surface area contributed by atoms with Crippen LogP contribution in [0.5, 0.6) is 0 Å². The van der Waals surface area contributed by atoms with E-state index >= 15 is 0 Å². The number of thioether (sulfide) groups is 1. The molecule has 6 heteroatoms. The summed E-state index contributed by atoms with van der Waals surface area (Å²) in [6.07, 6.45) is -0.462. The average molecular weight is 462 g/mol. The van der Waals surface area contributed by atoms with Crippen molar-refractivity contribution >= 4 is 23.8 Å². The Hall–Kier alpha value is -3.25. The molecule has 0 fully saturated rings. The van der Waals surface area contributed by atoms with Crippen LogP contribution in [0.3, 0.4) is 0 Å². The van der Waals surface area contributed by atoms with Crippen molar-refractivity contribution in [2.45, 2.75) is 41.9 Å². The van der Waals surface area contributed by atoms with Crippen LogP contribution in [0.2, 0.25) is 0 Å². The zero-order chi connectivity index (χ0) is 23.4. The molecule has 3 aromatic carbocycles. The second kappa shape index (κ2) is 9.71. The lowest BCUT2D eigenvalue weighted by Crippen LogP contribution is -2.44. The smallest absolute Gasteiger partial charge is 0.407 e. The number of hydrogen-bond acceptors (Lipinski definition) is 4. The fourth-order valence-electron chi connectivity index (χ4n) is 4.32. The van der Waals surface area contributed by atoms with Crippen LogP contribution in [-0.2, 0) is 9.53 Å². The normalized spacial score (nSPS) is 13.6. The number of rotatable bonds is 8. The summed E-state index contributed by atoms with van der Waals surface area (Å²) in [7, 11) is 0. The molecule has 0 aliphatic heterocycles. The van der Waals surface area contributed by atoms with Gasteiger partial charge in [-0.25, -0.2) is 9.59 Å². The van der Waals surface area contributed by atoms with E-state index in [1.54, 1.807) is 11.8 Å². The van der Waals surface area contributed by atoms with Gasteiger partial charge in [-0.2, -0.15) is 0 Å². The van der Waals surface area contributed by atoms with Crippen LogP contribution >= 0.6 is 11.8 Å². The Kier molecular flexibility index (Phi) is 6.75. The third-order valence-corrected chi connectivity index (χ3v) is 6.99. The largest absolute Gasteiger partial charge is 0.480 e. The second-order valence-corrected chi connectivity index (χ2v) is 10.5. The first kappa shape index (κ1) is 22.9. The number of ether oxygens (including phenoxy) is 1. The molecule has 0 saturated heterocycles. The Morgan fingerprint density at radius 1 is 0.939 bits per heavy atom. The molecule has 170 valence electrons. The second-order valence-electron chi connectivity index (χ2n) is 8.74. The van der Waals surface area contributed by atoms with Crippen molar-refractivity contribution in [2.75, 3.05) is 6.61 Å². The van der Waals surface area contributed by atoms with Gasteiger partial charge in [0.25, 0.3) is 0 Å². The summed E-state index contributed by atoms with van der Waals surface area (Å²) >= 11 is 1.58. The van der Waals surface area contributed by atoms with E-state index in [4.69, 9.17) is 4.74 Å². The summed E-state index contributed by atoms with van der Waals surface area (Å²) in [4.78, 5) is 25.5. The molecular weight excluding hydrogens is 434 g/mol. The molecule has 1 amide bonds. The number of benzene rings is 3. The molecule has 5 nitrogen and oxygen atoms in total. The molecule has 1 aliphatic rings. The lowest BCUT2D eigenvalue weighted by atomic mass is 9.98. The van der Waals surface area contributed by atoms with Crippen LogP contribution in [0.4, 0.5) is 4.79 Å². The molecule has 33 heavy (non-hydrogen) atoms. The van der Waals surface area contributed by atoms with Gasteiger partial charge in [0.1, 0.15) is 12.6 Å². The highest BCUT2D eigenvalue weighted by Gasteiger charge is 2.32. The fraction of sp³-hybridized carbons (Fsp3) is 0.259. The summed E-state index contributed by atoms with van der Waals surface area (Å²) in [5.74, 6) is -1.15. The molecule has 3 aromatic rings. The van der Waals surface area contributed by atoms with Gasteiger partial charge >= 0.3 is 12.1 Å². The highest BCUT2D eigenvalue weighted by atomic mass is 32.2. The fourth-order valence-corrected chi connectivity index (χ4v) is 5.50. The van der Waals surface area contributed by atoms with Crippen molar-refractivity contribution in [3.63, 3.8) is 0 Å². The number of nitrogens with one attached hydrogen (secondary N) is 1. The average Bonchev–Trinajstić information content (AvgIpc) is 3.11. The van der Waals surface area contributed by atoms with E-state index < -0.39 is 22.9 Å². The Bertz CT molecular complexity index is 1100. The van der Waals surface area contributed by atoms with E-state index in [-0.39, 0.29) is 18.9 Å². The van der Waals surface area contributed by atoms with E-state index in [1.165, 1.54) is 0 Å². The minimum Gasteiger partial charge on any atom is -0.480 e. The van der Waals surface area contributed by atoms with E-state index in [0.717, 1.165) is 27.1 Å². The summed E-state index contributed by atoms with van der Waals surface area (Å²) in [6.45, 7) is 4.09.